The van der Waals surface area contributed by atoms with E-state index in [1.165, 1.54) is 12.1 Å². The standard InChI is InChI=1S/C24H19N3O5/c28-21(25-19-8-4-7-18(14-19)24(29)30)15-31-20-11-9-16(10-12-20)13-22-26-27-23(32-22)17-5-2-1-3-6-17/h1-12,14H,13,15H2,(H,25,28)(H,29,30). The van der Waals surface area contributed by atoms with Crippen LogP contribution < -0.4 is 10.1 Å². The molecule has 160 valence electrons. The van der Waals surface area contributed by atoms with Crippen molar-refractivity contribution in [1.82, 2.24) is 10.2 Å². The molecule has 0 aliphatic carbocycles. The lowest BCUT2D eigenvalue weighted by Crippen LogP contribution is -2.20. The first-order valence-electron chi connectivity index (χ1n) is 9.79. The second kappa shape index (κ2) is 9.57. The first-order valence-corrected chi connectivity index (χ1v) is 9.79. The highest BCUT2D eigenvalue weighted by Gasteiger charge is 2.10. The van der Waals surface area contributed by atoms with Crippen LogP contribution in [0.3, 0.4) is 0 Å². The molecule has 4 rings (SSSR count). The maximum absolute atomic E-state index is 12.1. The Hall–Kier alpha value is -4.46. The van der Waals surface area contributed by atoms with E-state index in [9.17, 15) is 9.59 Å². The van der Waals surface area contributed by atoms with Gasteiger partial charge in [-0.05, 0) is 48.0 Å². The van der Waals surface area contributed by atoms with Gasteiger partial charge in [-0.3, -0.25) is 4.79 Å². The van der Waals surface area contributed by atoms with Crippen molar-refractivity contribution in [2.75, 3.05) is 11.9 Å². The van der Waals surface area contributed by atoms with E-state index >= 15 is 0 Å². The number of nitrogens with zero attached hydrogens (tertiary/aromatic N) is 2. The Kier molecular flexibility index (Phi) is 6.22. The number of anilines is 1. The van der Waals surface area contributed by atoms with Crippen molar-refractivity contribution >= 4 is 17.6 Å². The number of carboxylic acid groups (broad SMARTS) is 1. The topological polar surface area (TPSA) is 115 Å². The fourth-order valence-electron chi connectivity index (χ4n) is 2.98. The minimum Gasteiger partial charge on any atom is -0.484 e. The molecule has 0 radical (unpaired) electrons. The van der Waals surface area contributed by atoms with Crippen molar-refractivity contribution in [3.63, 3.8) is 0 Å². The summed E-state index contributed by atoms with van der Waals surface area (Å²) < 4.78 is 11.2. The van der Waals surface area contributed by atoms with Crippen molar-refractivity contribution < 1.29 is 23.8 Å². The average molecular weight is 429 g/mol. The lowest BCUT2D eigenvalue weighted by Gasteiger charge is -2.08. The van der Waals surface area contributed by atoms with Gasteiger partial charge in [0, 0.05) is 11.3 Å². The van der Waals surface area contributed by atoms with Crippen LogP contribution in [0.5, 0.6) is 5.75 Å². The number of carboxylic acids is 1. The third-order valence-corrected chi connectivity index (χ3v) is 4.53. The number of amides is 1. The summed E-state index contributed by atoms with van der Waals surface area (Å²) in [5.41, 5.74) is 2.30. The minimum absolute atomic E-state index is 0.0939. The molecule has 8 heteroatoms. The third-order valence-electron chi connectivity index (χ3n) is 4.53. The largest absolute Gasteiger partial charge is 0.484 e. The molecule has 32 heavy (non-hydrogen) atoms. The molecule has 0 bridgehead atoms. The van der Waals surface area contributed by atoms with E-state index in [2.05, 4.69) is 15.5 Å². The summed E-state index contributed by atoms with van der Waals surface area (Å²) in [5, 5.41) is 19.8. The van der Waals surface area contributed by atoms with Crippen LogP contribution >= 0.6 is 0 Å². The Morgan fingerprint density at radius 3 is 2.47 bits per heavy atom. The zero-order chi connectivity index (χ0) is 22.3. The molecule has 0 aliphatic rings. The Morgan fingerprint density at radius 1 is 0.938 bits per heavy atom. The highest BCUT2D eigenvalue weighted by molar-refractivity contribution is 5.94. The van der Waals surface area contributed by atoms with Crippen LogP contribution in [-0.4, -0.2) is 33.8 Å². The van der Waals surface area contributed by atoms with Crippen LogP contribution in [0.2, 0.25) is 0 Å². The number of aromatic nitrogens is 2. The highest BCUT2D eigenvalue weighted by Crippen LogP contribution is 2.20. The smallest absolute Gasteiger partial charge is 0.335 e. The van der Waals surface area contributed by atoms with E-state index < -0.39 is 11.9 Å². The molecule has 0 atom stereocenters. The molecule has 1 amide bonds. The number of benzene rings is 3. The predicted molar refractivity (Wildman–Crippen MR) is 117 cm³/mol. The van der Waals surface area contributed by atoms with Crippen LogP contribution in [0, 0.1) is 0 Å². The number of hydrogen-bond donors (Lipinski definition) is 2. The lowest BCUT2D eigenvalue weighted by atomic mass is 10.1. The summed E-state index contributed by atoms with van der Waals surface area (Å²) in [6.45, 7) is -0.208. The monoisotopic (exact) mass is 429 g/mol. The Balaban J connectivity index is 1.29. The second-order valence-electron chi connectivity index (χ2n) is 6.91. The fourth-order valence-corrected chi connectivity index (χ4v) is 2.98. The molecule has 3 aromatic carbocycles. The summed E-state index contributed by atoms with van der Waals surface area (Å²) in [6.07, 6.45) is 0.473. The van der Waals surface area contributed by atoms with Gasteiger partial charge in [-0.25, -0.2) is 4.79 Å². The van der Waals surface area contributed by atoms with Crippen LogP contribution in [-0.2, 0) is 11.2 Å². The molecule has 1 heterocycles. The van der Waals surface area contributed by atoms with E-state index in [0.717, 1.165) is 11.1 Å². The number of aromatic carboxylic acids is 1. The molecule has 4 aromatic rings. The first-order chi connectivity index (χ1) is 15.6. The zero-order valence-corrected chi connectivity index (χ0v) is 16.9. The van der Waals surface area contributed by atoms with Gasteiger partial charge in [-0.2, -0.15) is 0 Å². The van der Waals surface area contributed by atoms with Gasteiger partial charge >= 0.3 is 5.97 Å². The molecule has 0 saturated carbocycles. The Bertz CT molecular complexity index is 1220. The highest BCUT2D eigenvalue weighted by atomic mass is 16.5. The van der Waals surface area contributed by atoms with E-state index in [-0.39, 0.29) is 12.2 Å². The van der Waals surface area contributed by atoms with Gasteiger partial charge in [0.25, 0.3) is 5.91 Å². The van der Waals surface area contributed by atoms with Gasteiger partial charge < -0.3 is 19.6 Å². The number of ether oxygens (including phenoxy) is 1. The predicted octanol–water partition coefficient (Wildman–Crippen LogP) is 4.04. The number of rotatable bonds is 8. The van der Waals surface area contributed by atoms with Gasteiger partial charge in [-0.1, -0.05) is 36.4 Å². The van der Waals surface area contributed by atoms with E-state index in [0.29, 0.717) is 29.6 Å². The van der Waals surface area contributed by atoms with E-state index in [1.807, 2.05) is 42.5 Å². The number of carbonyl (C=O) groups excluding carboxylic acids is 1. The number of hydrogen-bond acceptors (Lipinski definition) is 6. The Morgan fingerprint density at radius 2 is 1.72 bits per heavy atom. The van der Waals surface area contributed by atoms with Crippen LogP contribution in [0.15, 0.2) is 83.3 Å². The van der Waals surface area contributed by atoms with Gasteiger partial charge in [-0.15, -0.1) is 10.2 Å². The number of nitrogens with one attached hydrogen (secondary N) is 1. The molecule has 0 unspecified atom stereocenters. The van der Waals surface area contributed by atoms with Crippen molar-refractivity contribution in [1.29, 1.82) is 0 Å². The third kappa shape index (κ3) is 5.37. The second-order valence-corrected chi connectivity index (χ2v) is 6.91. The van der Waals surface area contributed by atoms with Crippen LogP contribution in [0.1, 0.15) is 21.8 Å². The van der Waals surface area contributed by atoms with E-state index in [4.69, 9.17) is 14.3 Å². The van der Waals surface area contributed by atoms with Crippen LogP contribution in [0.25, 0.3) is 11.5 Å². The quantitative estimate of drug-likeness (QED) is 0.434. The molecule has 1 aromatic heterocycles. The van der Waals surface area contributed by atoms with Gasteiger partial charge in [0.2, 0.25) is 11.8 Å². The first kappa shape index (κ1) is 20.8. The molecular weight excluding hydrogens is 410 g/mol. The average Bonchev–Trinajstić information content (AvgIpc) is 3.28. The van der Waals surface area contributed by atoms with Gasteiger partial charge in [0.1, 0.15) is 5.75 Å². The fraction of sp³-hybridized carbons (Fsp3) is 0.0833. The van der Waals surface area contributed by atoms with Crippen LogP contribution in [0.4, 0.5) is 5.69 Å². The normalized spacial score (nSPS) is 10.5. The molecule has 0 aliphatic heterocycles. The van der Waals surface area contributed by atoms with Crippen molar-refractivity contribution in [3.05, 3.63) is 95.9 Å². The molecule has 0 saturated heterocycles. The van der Waals surface area contributed by atoms with Crippen molar-refractivity contribution in [3.8, 4) is 17.2 Å². The van der Waals surface area contributed by atoms with E-state index in [1.54, 1.807) is 24.3 Å². The SMILES string of the molecule is O=C(COc1ccc(Cc2nnc(-c3ccccc3)o2)cc1)Nc1cccc(C(=O)O)c1. The number of carbonyl (C=O) groups is 2. The van der Waals surface area contributed by atoms with Crippen molar-refractivity contribution in [2.45, 2.75) is 6.42 Å². The molecule has 2 N–H and O–H groups in total. The van der Waals surface area contributed by atoms with Gasteiger partial charge in [0.05, 0.1) is 12.0 Å². The molecular formula is C24H19N3O5. The lowest BCUT2D eigenvalue weighted by molar-refractivity contribution is -0.118. The molecule has 0 fully saturated rings. The molecule has 8 nitrogen and oxygen atoms in total. The maximum Gasteiger partial charge on any atom is 0.335 e. The summed E-state index contributed by atoms with van der Waals surface area (Å²) in [7, 11) is 0. The Labute approximate surface area is 183 Å². The summed E-state index contributed by atoms with van der Waals surface area (Å²) in [5.74, 6) is 0.0461. The minimum atomic E-state index is -1.06. The van der Waals surface area contributed by atoms with Gasteiger partial charge in [0.15, 0.2) is 6.61 Å². The summed E-state index contributed by atoms with van der Waals surface area (Å²) >= 11 is 0. The zero-order valence-electron chi connectivity index (χ0n) is 16.9. The summed E-state index contributed by atoms with van der Waals surface area (Å²) in [4.78, 5) is 23.1. The molecule has 0 spiro atoms. The summed E-state index contributed by atoms with van der Waals surface area (Å²) in [6, 6.07) is 22.8. The van der Waals surface area contributed by atoms with Crippen molar-refractivity contribution in [2.24, 2.45) is 0 Å². The maximum atomic E-state index is 12.1.